The quantitative estimate of drug-likeness (QED) is 0.773. The van der Waals surface area contributed by atoms with Gasteiger partial charge >= 0.3 is 0 Å². The lowest BCUT2D eigenvalue weighted by Gasteiger charge is -2.47. The second-order valence-corrected chi connectivity index (χ2v) is 7.91. The molecule has 27 heavy (non-hydrogen) atoms. The third-order valence-corrected chi connectivity index (χ3v) is 5.90. The van der Waals surface area contributed by atoms with Gasteiger partial charge in [0, 0.05) is 31.4 Å². The molecule has 3 aromatic rings. The summed E-state index contributed by atoms with van der Waals surface area (Å²) in [5.74, 6) is 0. The van der Waals surface area contributed by atoms with Crippen molar-refractivity contribution >= 4 is 5.52 Å². The van der Waals surface area contributed by atoms with Crippen molar-refractivity contribution in [3.05, 3.63) is 71.5 Å². The maximum absolute atomic E-state index is 11.5. The third-order valence-electron chi connectivity index (χ3n) is 5.90. The van der Waals surface area contributed by atoms with Gasteiger partial charge in [-0.15, -0.1) is 0 Å². The summed E-state index contributed by atoms with van der Waals surface area (Å²) in [5, 5.41) is 16.1. The van der Waals surface area contributed by atoms with Crippen molar-refractivity contribution < 1.29 is 5.11 Å². The number of aromatic nitrogens is 2. The van der Waals surface area contributed by atoms with E-state index in [-0.39, 0.29) is 6.04 Å². The van der Waals surface area contributed by atoms with Gasteiger partial charge in [-0.25, -0.2) is 4.52 Å². The smallest absolute Gasteiger partial charge is 0.107 e. The predicted molar refractivity (Wildman–Crippen MR) is 108 cm³/mol. The number of hydrogen-bond acceptors (Lipinski definition) is 4. The lowest BCUT2D eigenvalue weighted by Crippen LogP contribution is -2.58. The second kappa shape index (κ2) is 7.08. The topological polar surface area (TPSA) is 44.0 Å². The first-order valence-corrected chi connectivity index (χ1v) is 9.57. The molecule has 5 nitrogen and oxygen atoms in total. The van der Waals surface area contributed by atoms with Crippen LogP contribution < -0.4 is 0 Å². The van der Waals surface area contributed by atoms with E-state index < -0.39 is 5.60 Å². The molecule has 1 saturated heterocycles. The van der Waals surface area contributed by atoms with E-state index in [1.54, 1.807) is 0 Å². The molecule has 0 radical (unpaired) electrons. The zero-order valence-electron chi connectivity index (χ0n) is 16.3. The molecule has 0 spiro atoms. The number of hydrogen-bond donors (Lipinski definition) is 1. The first-order chi connectivity index (χ1) is 13.0. The van der Waals surface area contributed by atoms with E-state index in [0.717, 1.165) is 31.6 Å². The highest BCUT2D eigenvalue weighted by molar-refractivity contribution is 5.59. The molecule has 142 valence electrons. The molecule has 0 amide bonds. The normalized spacial score (nSPS) is 24.0. The maximum Gasteiger partial charge on any atom is 0.107 e. The van der Waals surface area contributed by atoms with Crippen molar-refractivity contribution in [2.24, 2.45) is 0 Å². The molecule has 0 saturated carbocycles. The van der Waals surface area contributed by atoms with Crippen LogP contribution in [0.5, 0.6) is 0 Å². The Morgan fingerprint density at radius 1 is 1.19 bits per heavy atom. The molecule has 0 aliphatic carbocycles. The van der Waals surface area contributed by atoms with Crippen LogP contribution >= 0.6 is 0 Å². The van der Waals surface area contributed by atoms with Crippen LogP contribution in [0.15, 0.2) is 54.9 Å². The molecule has 1 aliphatic heterocycles. The van der Waals surface area contributed by atoms with Gasteiger partial charge in [0.25, 0.3) is 0 Å². The average molecular weight is 364 g/mol. The van der Waals surface area contributed by atoms with Crippen LogP contribution in [0.1, 0.15) is 23.1 Å². The van der Waals surface area contributed by atoms with Gasteiger partial charge < -0.3 is 10.0 Å². The van der Waals surface area contributed by atoms with Crippen LogP contribution in [-0.2, 0) is 12.1 Å². The fourth-order valence-electron chi connectivity index (χ4n) is 4.43. The Bertz CT molecular complexity index is 920. The number of rotatable bonds is 4. The van der Waals surface area contributed by atoms with Crippen LogP contribution in [0.3, 0.4) is 0 Å². The van der Waals surface area contributed by atoms with E-state index in [0.29, 0.717) is 0 Å². The Morgan fingerprint density at radius 3 is 2.70 bits per heavy atom. The van der Waals surface area contributed by atoms with Gasteiger partial charge in [-0.2, -0.15) is 5.10 Å². The van der Waals surface area contributed by atoms with Crippen LogP contribution in [0.2, 0.25) is 0 Å². The fourth-order valence-corrected chi connectivity index (χ4v) is 4.43. The number of nitrogens with zero attached hydrogens (tertiary/aromatic N) is 4. The zero-order valence-corrected chi connectivity index (χ0v) is 16.3. The van der Waals surface area contributed by atoms with Crippen molar-refractivity contribution in [1.29, 1.82) is 0 Å². The number of aliphatic hydroxyl groups is 1. The Morgan fingerprint density at radius 2 is 1.96 bits per heavy atom. The van der Waals surface area contributed by atoms with Gasteiger partial charge in [-0.1, -0.05) is 36.4 Å². The van der Waals surface area contributed by atoms with Gasteiger partial charge in [-0.3, -0.25) is 4.90 Å². The number of fused-ring (bicyclic) bond motifs is 1. The van der Waals surface area contributed by atoms with Gasteiger partial charge in [0.15, 0.2) is 0 Å². The molecule has 1 aromatic carbocycles. The Hall–Kier alpha value is -2.21. The van der Waals surface area contributed by atoms with E-state index >= 15 is 0 Å². The van der Waals surface area contributed by atoms with Crippen LogP contribution in [0, 0.1) is 6.92 Å². The highest BCUT2D eigenvalue weighted by atomic mass is 16.3. The molecule has 2 aromatic heterocycles. The minimum absolute atomic E-state index is 0.0385. The molecule has 0 unspecified atom stereocenters. The average Bonchev–Trinajstić information content (AvgIpc) is 3.08. The summed E-state index contributed by atoms with van der Waals surface area (Å²) in [7, 11) is 4.11. The third kappa shape index (κ3) is 3.27. The zero-order chi connectivity index (χ0) is 19.0. The summed E-state index contributed by atoms with van der Waals surface area (Å²) in [5.41, 5.74) is 3.87. The second-order valence-electron chi connectivity index (χ2n) is 7.91. The molecular weight excluding hydrogens is 336 g/mol. The number of likely N-dealkylation sites (tertiary alicyclic amines) is 1. The molecular formula is C22H28N4O. The van der Waals surface area contributed by atoms with Crippen molar-refractivity contribution in [1.82, 2.24) is 19.4 Å². The molecule has 4 rings (SSSR count). The van der Waals surface area contributed by atoms with E-state index in [4.69, 9.17) is 0 Å². The number of benzene rings is 1. The molecule has 3 heterocycles. The lowest BCUT2D eigenvalue weighted by molar-refractivity contribution is -0.0892. The lowest BCUT2D eigenvalue weighted by atomic mass is 9.79. The Labute approximate surface area is 160 Å². The van der Waals surface area contributed by atoms with Crippen molar-refractivity contribution in [2.75, 3.05) is 27.2 Å². The molecule has 5 heteroatoms. The summed E-state index contributed by atoms with van der Waals surface area (Å²) in [6, 6.07) is 14.3. The maximum atomic E-state index is 11.5. The molecule has 1 fully saturated rings. The van der Waals surface area contributed by atoms with Crippen molar-refractivity contribution in [3.8, 4) is 0 Å². The molecule has 1 aliphatic rings. The van der Waals surface area contributed by atoms with E-state index in [1.807, 2.05) is 53.3 Å². The Kier molecular flexibility index (Phi) is 4.76. The first-order valence-electron chi connectivity index (χ1n) is 9.57. The first kappa shape index (κ1) is 18.2. The molecule has 2 atom stereocenters. The SMILES string of the molecule is Cc1cccn2ncc(CN3CC[C@](O)(c4ccccc4)[C@H](N(C)C)C3)c12. The van der Waals surface area contributed by atoms with Crippen LogP contribution in [-0.4, -0.2) is 57.7 Å². The minimum atomic E-state index is -0.821. The summed E-state index contributed by atoms with van der Waals surface area (Å²) in [6.45, 7) is 4.66. The van der Waals surface area contributed by atoms with E-state index in [2.05, 4.69) is 42.0 Å². The van der Waals surface area contributed by atoms with E-state index in [9.17, 15) is 5.11 Å². The Balaban J connectivity index is 1.59. The highest BCUT2D eigenvalue weighted by Gasteiger charge is 2.44. The van der Waals surface area contributed by atoms with Gasteiger partial charge in [0.05, 0.1) is 17.8 Å². The van der Waals surface area contributed by atoms with Gasteiger partial charge in [-0.05, 0) is 44.6 Å². The molecule has 1 N–H and O–H groups in total. The van der Waals surface area contributed by atoms with Crippen LogP contribution in [0.25, 0.3) is 5.52 Å². The summed E-state index contributed by atoms with van der Waals surface area (Å²) in [4.78, 5) is 4.59. The van der Waals surface area contributed by atoms with Crippen molar-refractivity contribution in [3.63, 3.8) is 0 Å². The van der Waals surface area contributed by atoms with Gasteiger partial charge in [0.1, 0.15) is 5.60 Å². The van der Waals surface area contributed by atoms with Crippen LogP contribution in [0.4, 0.5) is 0 Å². The largest absolute Gasteiger partial charge is 0.383 e. The summed E-state index contributed by atoms with van der Waals surface area (Å²) in [6.07, 6.45) is 4.70. The number of likely N-dealkylation sites (N-methyl/N-ethyl adjacent to an activating group) is 1. The monoisotopic (exact) mass is 364 g/mol. The minimum Gasteiger partial charge on any atom is -0.383 e. The standard InChI is InChI=1S/C22H28N4O/c1-17-8-7-12-26-21(17)18(14-23-26)15-25-13-11-22(27,20(16-25)24(2)3)19-9-5-4-6-10-19/h4-10,12,14,20,27H,11,13,15-16H2,1-3H3/t20-,22+/m1/s1. The van der Waals surface area contributed by atoms with Gasteiger partial charge in [0.2, 0.25) is 0 Å². The summed E-state index contributed by atoms with van der Waals surface area (Å²) < 4.78 is 1.96. The fraction of sp³-hybridized carbons (Fsp3) is 0.409. The molecule has 0 bridgehead atoms. The number of piperidine rings is 1. The van der Waals surface area contributed by atoms with E-state index in [1.165, 1.54) is 16.6 Å². The van der Waals surface area contributed by atoms with Crippen molar-refractivity contribution in [2.45, 2.75) is 31.5 Å². The number of pyridine rings is 1. The number of aryl methyl sites for hydroxylation is 1. The highest BCUT2D eigenvalue weighted by Crippen LogP contribution is 2.35. The predicted octanol–water partition coefficient (Wildman–Crippen LogP) is 2.67. The summed E-state index contributed by atoms with van der Waals surface area (Å²) >= 11 is 0.